The molecule has 0 saturated carbocycles. The van der Waals surface area contributed by atoms with Gasteiger partial charge in [-0.3, -0.25) is 4.79 Å². The molecule has 4 nitrogen and oxygen atoms in total. The van der Waals surface area contributed by atoms with Gasteiger partial charge in [0.25, 0.3) is 0 Å². The fourth-order valence-electron chi connectivity index (χ4n) is 1.57. The molecule has 0 spiro atoms. The second-order valence-electron chi connectivity index (χ2n) is 3.75. The third-order valence-corrected chi connectivity index (χ3v) is 2.41. The molecule has 0 aromatic heterocycles. The summed E-state index contributed by atoms with van der Waals surface area (Å²) < 4.78 is 33.4. The van der Waals surface area contributed by atoms with Crippen molar-refractivity contribution >= 4 is 5.97 Å². The third-order valence-electron chi connectivity index (χ3n) is 2.41. The molecule has 0 saturated heterocycles. The number of halogens is 2. The van der Waals surface area contributed by atoms with Gasteiger partial charge in [0.05, 0.1) is 18.6 Å². The Morgan fingerprint density at radius 1 is 1.47 bits per heavy atom. The monoisotopic (exact) mass is 269 g/mol. The van der Waals surface area contributed by atoms with Crippen molar-refractivity contribution in [2.24, 2.45) is 0 Å². The maximum Gasteiger partial charge on any atom is 0.387 e. The molecule has 102 valence electrons. The van der Waals surface area contributed by atoms with Gasteiger partial charge < -0.3 is 9.47 Å². The van der Waals surface area contributed by atoms with Crippen molar-refractivity contribution in [3.8, 4) is 11.8 Å². The Balaban J connectivity index is 3.03. The number of nitriles is 1. The lowest BCUT2D eigenvalue weighted by molar-refractivity contribution is -0.142. The lowest BCUT2D eigenvalue weighted by atomic mass is 10.0. The van der Waals surface area contributed by atoms with Crippen molar-refractivity contribution in [3.05, 3.63) is 28.8 Å². The number of esters is 1. The van der Waals surface area contributed by atoms with Gasteiger partial charge in [-0.15, -0.1) is 0 Å². The lowest BCUT2D eigenvalue weighted by Gasteiger charge is -2.11. The van der Waals surface area contributed by atoms with Crippen LogP contribution in [0.2, 0.25) is 0 Å². The van der Waals surface area contributed by atoms with Crippen molar-refractivity contribution in [1.29, 1.82) is 5.26 Å². The number of aryl methyl sites for hydroxylation is 1. The molecule has 0 fully saturated rings. The van der Waals surface area contributed by atoms with E-state index in [-0.39, 0.29) is 24.3 Å². The number of carbonyl (C=O) groups is 1. The van der Waals surface area contributed by atoms with E-state index in [1.807, 2.05) is 0 Å². The summed E-state index contributed by atoms with van der Waals surface area (Å²) in [4.78, 5) is 11.4. The van der Waals surface area contributed by atoms with Gasteiger partial charge in [-0.05, 0) is 37.1 Å². The number of carbonyl (C=O) groups excluding carboxylic acids is 1. The van der Waals surface area contributed by atoms with Crippen LogP contribution < -0.4 is 4.74 Å². The Morgan fingerprint density at radius 3 is 2.68 bits per heavy atom. The number of ether oxygens (including phenoxy) is 2. The molecule has 0 amide bonds. The van der Waals surface area contributed by atoms with Crippen LogP contribution in [-0.4, -0.2) is 19.2 Å². The summed E-state index contributed by atoms with van der Waals surface area (Å²) in [5, 5.41) is 8.89. The van der Waals surface area contributed by atoms with Crippen LogP contribution in [0.5, 0.6) is 5.75 Å². The molecule has 1 aromatic carbocycles. The van der Waals surface area contributed by atoms with Crippen LogP contribution >= 0.6 is 0 Å². The highest BCUT2D eigenvalue weighted by Crippen LogP contribution is 2.25. The van der Waals surface area contributed by atoms with Gasteiger partial charge in [0, 0.05) is 0 Å². The molecule has 19 heavy (non-hydrogen) atoms. The summed E-state index contributed by atoms with van der Waals surface area (Å²) in [6, 6.07) is 4.45. The standard InChI is InChI=1S/C13H13F2NO3/c1-3-18-12(17)6-9-5-10(7-16)11(4-8(9)2)19-13(14)15/h4-5,13H,3,6H2,1-2H3. The molecule has 0 aliphatic carbocycles. The van der Waals surface area contributed by atoms with E-state index in [1.54, 1.807) is 19.9 Å². The van der Waals surface area contributed by atoms with E-state index >= 15 is 0 Å². The van der Waals surface area contributed by atoms with Gasteiger partial charge in [-0.2, -0.15) is 14.0 Å². The largest absolute Gasteiger partial charge is 0.466 e. The second-order valence-corrected chi connectivity index (χ2v) is 3.75. The van der Waals surface area contributed by atoms with Crippen molar-refractivity contribution in [3.63, 3.8) is 0 Å². The van der Waals surface area contributed by atoms with E-state index in [1.165, 1.54) is 12.1 Å². The normalized spacial score (nSPS) is 10.1. The number of benzene rings is 1. The summed E-state index contributed by atoms with van der Waals surface area (Å²) in [7, 11) is 0. The zero-order valence-electron chi connectivity index (χ0n) is 10.6. The fourth-order valence-corrected chi connectivity index (χ4v) is 1.57. The van der Waals surface area contributed by atoms with Gasteiger partial charge in [0.1, 0.15) is 11.8 Å². The quantitative estimate of drug-likeness (QED) is 0.771. The third kappa shape index (κ3) is 4.21. The number of nitrogens with zero attached hydrogens (tertiary/aromatic N) is 1. The molecule has 1 rings (SSSR count). The van der Waals surface area contributed by atoms with E-state index in [2.05, 4.69) is 4.74 Å². The highest BCUT2D eigenvalue weighted by atomic mass is 19.3. The summed E-state index contributed by atoms with van der Waals surface area (Å²) in [6.45, 7) is 0.594. The maximum absolute atomic E-state index is 12.2. The SMILES string of the molecule is CCOC(=O)Cc1cc(C#N)c(OC(F)F)cc1C. The van der Waals surface area contributed by atoms with E-state index in [0.717, 1.165) is 0 Å². The lowest BCUT2D eigenvalue weighted by Crippen LogP contribution is -2.10. The second kappa shape index (κ2) is 6.69. The van der Waals surface area contributed by atoms with Gasteiger partial charge in [-0.1, -0.05) is 0 Å². The first kappa shape index (κ1) is 14.9. The highest BCUT2D eigenvalue weighted by Gasteiger charge is 2.14. The molecular weight excluding hydrogens is 256 g/mol. The number of alkyl halides is 2. The topological polar surface area (TPSA) is 59.3 Å². The molecule has 0 radical (unpaired) electrons. The van der Waals surface area contributed by atoms with Crippen LogP contribution in [0.1, 0.15) is 23.6 Å². The smallest absolute Gasteiger partial charge is 0.387 e. The zero-order valence-corrected chi connectivity index (χ0v) is 10.6. The van der Waals surface area contributed by atoms with Crippen LogP contribution in [0.25, 0.3) is 0 Å². The summed E-state index contributed by atoms with van der Waals surface area (Å²) in [6.07, 6.45) is -0.0106. The summed E-state index contributed by atoms with van der Waals surface area (Å²) >= 11 is 0. The molecule has 0 unspecified atom stereocenters. The Labute approximate surface area is 109 Å². The Bertz CT molecular complexity index is 509. The first-order valence-corrected chi connectivity index (χ1v) is 5.62. The predicted octanol–water partition coefficient (Wildman–Crippen LogP) is 2.57. The van der Waals surface area contributed by atoms with Gasteiger partial charge in [0.15, 0.2) is 0 Å². The van der Waals surface area contributed by atoms with Crippen molar-refractivity contribution in [1.82, 2.24) is 0 Å². The Hall–Kier alpha value is -2.16. The van der Waals surface area contributed by atoms with E-state index < -0.39 is 12.6 Å². The van der Waals surface area contributed by atoms with Gasteiger partial charge in [-0.25, -0.2) is 0 Å². The van der Waals surface area contributed by atoms with Crippen LogP contribution in [0.3, 0.4) is 0 Å². The zero-order chi connectivity index (χ0) is 14.4. The first-order chi connectivity index (χ1) is 8.97. The summed E-state index contributed by atoms with van der Waals surface area (Å²) in [5.74, 6) is -0.625. The molecule has 0 aliphatic heterocycles. The number of hydrogen-bond acceptors (Lipinski definition) is 4. The summed E-state index contributed by atoms with van der Waals surface area (Å²) in [5.41, 5.74) is 1.10. The van der Waals surface area contributed by atoms with E-state index in [4.69, 9.17) is 10.00 Å². The number of rotatable bonds is 5. The minimum Gasteiger partial charge on any atom is -0.466 e. The fraction of sp³-hybridized carbons (Fsp3) is 0.385. The van der Waals surface area contributed by atoms with E-state index in [9.17, 15) is 13.6 Å². The van der Waals surface area contributed by atoms with Crippen LogP contribution in [0.4, 0.5) is 8.78 Å². The molecule has 0 atom stereocenters. The van der Waals surface area contributed by atoms with Gasteiger partial charge in [0.2, 0.25) is 0 Å². The molecule has 0 N–H and O–H groups in total. The molecule has 0 heterocycles. The average molecular weight is 269 g/mol. The molecule has 0 aliphatic rings. The average Bonchev–Trinajstić information content (AvgIpc) is 2.32. The Kier molecular flexibility index (Phi) is 5.24. The predicted molar refractivity (Wildman–Crippen MR) is 62.9 cm³/mol. The molecule has 6 heteroatoms. The highest BCUT2D eigenvalue weighted by molar-refractivity contribution is 5.73. The first-order valence-electron chi connectivity index (χ1n) is 5.62. The minimum atomic E-state index is -3.00. The van der Waals surface area contributed by atoms with Crippen LogP contribution in [-0.2, 0) is 16.0 Å². The number of hydrogen-bond donors (Lipinski definition) is 0. The molecule has 1 aromatic rings. The molecular formula is C13H13F2NO3. The maximum atomic E-state index is 12.2. The van der Waals surface area contributed by atoms with Crippen LogP contribution in [0, 0.1) is 18.3 Å². The minimum absolute atomic E-state index is 0.0106. The van der Waals surface area contributed by atoms with Crippen molar-refractivity contribution in [2.45, 2.75) is 26.9 Å². The van der Waals surface area contributed by atoms with Crippen LogP contribution in [0.15, 0.2) is 12.1 Å². The Morgan fingerprint density at radius 2 is 2.16 bits per heavy atom. The van der Waals surface area contributed by atoms with Crippen molar-refractivity contribution in [2.75, 3.05) is 6.61 Å². The van der Waals surface area contributed by atoms with Crippen molar-refractivity contribution < 1.29 is 23.0 Å². The van der Waals surface area contributed by atoms with Gasteiger partial charge >= 0.3 is 12.6 Å². The molecule has 0 bridgehead atoms. The van der Waals surface area contributed by atoms with E-state index in [0.29, 0.717) is 11.1 Å².